The zero-order valence-corrected chi connectivity index (χ0v) is 12.7. The molecule has 0 radical (unpaired) electrons. The van der Waals surface area contributed by atoms with E-state index in [1.54, 1.807) is 0 Å². The molecule has 5 heteroatoms. The lowest BCUT2D eigenvalue weighted by atomic mass is 10.0. The van der Waals surface area contributed by atoms with Crippen LogP contribution in [-0.2, 0) is 14.3 Å². The fourth-order valence-electron chi connectivity index (χ4n) is 3.02. The molecule has 0 aromatic heterocycles. The monoisotopic (exact) mass is 282 g/mol. The van der Waals surface area contributed by atoms with E-state index >= 15 is 0 Å². The summed E-state index contributed by atoms with van der Waals surface area (Å²) in [7, 11) is 0. The molecule has 0 aromatic carbocycles. The predicted molar refractivity (Wildman–Crippen MR) is 76.1 cm³/mol. The van der Waals surface area contributed by atoms with Crippen molar-refractivity contribution in [3.8, 4) is 0 Å². The van der Waals surface area contributed by atoms with Crippen molar-refractivity contribution >= 4 is 11.8 Å². The number of carbonyl (C=O) groups excluding carboxylic acids is 2. The van der Waals surface area contributed by atoms with E-state index in [4.69, 9.17) is 4.74 Å². The zero-order chi connectivity index (χ0) is 14.7. The number of ether oxygens (including phenoxy) is 1. The van der Waals surface area contributed by atoms with Crippen molar-refractivity contribution in [1.82, 2.24) is 10.2 Å². The van der Waals surface area contributed by atoms with E-state index in [-0.39, 0.29) is 23.9 Å². The van der Waals surface area contributed by atoms with E-state index in [2.05, 4.69) is 19.2 Å². The molecule has 0 saturated carbocycles. The van der Waals surface area contributed by atoms with E-state index in [1.807, 2.05) is 11.8 Å². The van der Waals surface area contributed by atoms with E-state index < -0.39 is 0 Å². The average molecular weight is 282 g/mol. The Labute approximate surface area is 121 Å². The molecule has 0 aromatic rings. The Hall–Kier alpha value is -1.10. The maximum absolute atomic E-state index is 12.7. The summed E-state index contributed by atoms with van der Waals surface area (Å²) in [6, 6.07) is -0.393. The van der Waals surface area contributed by atoms with Crippen molar-refractivity contribution in [2.45, 2.75) is 52.1 Å². The molecule has 2 fully saturated rings. The SMILES string of the molecule is CC(C)CC1NC(=O)CC(C)N(CC2CCOC2)C1=O. The normalized spacial score (nSPS) is 31.6. The molecule has 3 atom stereocenters. The summed E-state index contributed by atoms with van der Waals surface area (Å²) in [5.41, 5.74) is 0. The second kappa shape index (κ2) is 6.57. The van der Waals surface area contributed by atoms with Crippen molar-refractivity contribution in [2.75, 3.05) is 19.8 Å². The summed E-state index contributed by atoms with van der Waals surface area (Å²) < 4.78 is 5.39. The van der Waals surface area contributed by atoms with Gasteiger partial charge in [0.2, 0.25) is 11.8 Å². The quantitative estimate of drug-likeness (QED) is 0.842. The fraction of sp³-hybridized carbons (Fsp3) is 0.867. The lowest BCUT2D eigenvalue weighted by Gasteiger charge is -2.31. The van der Waals surface area contributed by atoms with Crippen molar-refractivity contribution < 1.29 is 14.3 Å². The van der Waals surface area contributed by atoms with Crippen molar-refractivity contribution in [1.29, 1.82) is 0 Å². The topological polar surface area (TPSA) is 58.6 Å². The highest BCUT2D eigenvalue weighted by atomic mass is 16.5. The van der Waals surface area contributed by atoms with Crippen LogP contribution in [0, 0.1) is 11.8 Å². The van der Waals surface area contributed by atoms with E-state index in [0.717, 1.165) is 19.6 Å². The van der Waals surface area contributed by atoms with E-state index in [1.165, 1.54) is 0 Å². The third-order valence-corrected chi connectivity index (χ3v) is 4.12. The Balaban J connectivity index is 2.09. The minimum Gasteiger partial charge on any atom is -0.381 e. The summed E-state index contributed by atoms with van der Waals surface area (Å²) in [5.74, 6) is 0.856. The summed E-state index contributed by atoms with van der Waals surface area (Å²) in [6.45, 7) is 8.33. The molecule has 2 aliphatic rings. The first-order valence-electron chi connectivity index (χ1n) is 7.65. The molecule has 5 nitrogen and oxygen atoms in total. The van der Waals surface area contributed by atoms with Crippen molar-refractivity contribution in [2.24, 2.45) is 11.8 Å². The molecule has 2 aliphatic heterocycles. The van der Waals surface area contributed by atoms with Gasteiger partial charge in [0, 0.05) is 31.5 Å². The molecule has 0 spiro atoms. The van der Waals surface area contributed by atoms with Gasteiger partial charge < -0.3 is 15.0 Å². The van der Waals surface area contributed by atoms with Gasteiger partial charge in [-0.25, -0.2) is 0 Å². The number of nitrogens with one attached hydrogen (secondary N) is 1. The number of rotatable bonds is 4. The highest BCUT2D eigenvalue weighted by molar-refractivity contribution is 5.90. The zero-order valence-electron chi connectivity index (χ0n) is 12.7. The number of hydrogen-bond acceptors (Lipinski definition) is 3. The van der Waals surface area contributed by atoms with Crippen LogP contribution in [0.25, 0.3) is 0 Å². The third-order valence-electron chi connectivity index (χ3n) is 4.12. The summed E-state index contributed by atoms with van der Waals surface area (Å²) >= 11 is 0. The number of hydrogen-bond donors (Lipinski definition) is 1. The van der Waals surface area contributed by atoms with Gasteiger partial charge in [0.25, 0.3) is 0 Å². The van der Waals surface area contributed by atoms with Crippen molar-refractivity contribution in [3.63, 3.8) is 0 Å². The minimum absolute atomic E-state index is 0.0123. The Kier molecular flexibility index (Phi) is 5.02. The number of carbonyl (C=O) groups is 2. The predicted octanol–water partition coefficient (Wildman–Crippen LogP) is 1.17. The molecule has 2 saturated heterocycles. The number of amides is 2. The van der Waals surface area contributed by atoms with Gasteiger partial charge in [0.05, 0.1) is 6.61 Å². The molecule has 3 unspecified atom stereocenters. The van der Waals surface area contributed by atoms with Gasteiger partial charge in [-0.3, -0.25) is 9.59 Å². The maximum atomic E-state index is 12.7. The molecule has 20 heavy (non-hydrogen) atoms. The highest BCUT2D eigenvalue weighted by Crippen LogP contribution is 2.21. The molecule has 0 aliphatic carbocycles. The molecule has 2 rings (SSSR count). The van der Waals surface area contributed by atoms with Crippen LogP contribution in [0.15, 0.2) is 0 Å². The molecule has 1 N–H and O–H groups in total. The summed E-state index contributed by atoms with van der Waals surface area (Å²) in [6.07, 6.45) is 2.11. The van der Waals surface area contributed by atoms with Gasteiger partial charge >= 0.3 is 0 Å². The van der Waals surface area contributed by atoms with Crippen LogP contribution in [0.4, 0.5) is 0 Å². The van der Waals surface area contributed by atoms with E-state index in [9.17, 15) is 9.59 Å². The van der Waals surface area contributed by atoms with Gasteiger partial charge in [0.1, 0.15) is 6.04 Å². The van der Waals surface area contributed by atoms with Crippen LogP contribution < -0.4 is 5.32 Å². The fourth-order valence-corrected chi connectivity index (χ4v) is 3.02. The molecule has 2 amide bonds. The van der Waals surface area contributed by atoms with Crippen LogP contribution in [-0.4, -0.2) is 48.6 Å². The second-order valence-electron chi connectivity index (χ2n) is 6.52. The Morgan fingerprint density at radius 1 is 1.40 bits per heavy atom. The van der Waals surface area contributed by atoms with Gasteiger partial charge in [-0.15, -0.1) is 0 Å². The first-order chi connectivity index (χ1) is 9.47. The van der Waals surface area contributed by atoms with E-state index in [0.29, 0.717) is 31.2 Å². The van der Waals surface area contributed by atoms with Crippen LogP contribution in [0.5, 0.6) is 0 Å². The molecule has 2 heterocycles. The first kappa shape index (κ1) is 15.3. The lowest BCUT2D eigenvalue weighted by Crippen LogP contribution is -2.48. The van der Waals surface area contributed by atoms with Crippen LogP contribution in [0.3, 0.4) is 0 Å². The molecular formula is C15H26N2O3. The lowest BCUT2D eigenvalue weighted by molar-refractivity contribution is -0.136. The third kappa shape index (κ3) is 3.72. The average Bonchev–Trinajstić information content (AvgIpc) is 2.83. The highest BCUT2D eigenvalue weighted by Gasteiger charge is 2.35. The van der Waals surface area contributed by atoms with Crippen LogP contribution in [0.1, 0.15) is 40.0 Å². The van der Waals surface area contributed by atoms with Crippen molar-refractivity contribution in [3.05, 3.63) is 0 Å². The van der Waals surface area contributed by atoms with Gasteiger partial charge in [-0.1, -0.05) is 13.8 Å². The minimum atomic E-state index is -0.366. The molecule has 114 valence electrons. The smallest absolute Gasteiger partial charge is 0.245 e. The second-order valence-corrected chi connectivity index (χ2v) is 6.52. The van der Waals surface area contributed by atoms with Gasteiger partial charge in [-0.2, -0.15) is 0 Å². The standard InChI is InChI=1S/C15H26N2O3/c1-10(2)6-13-15(19)17(8-12-4-5-20-9-12)11(3)7-14(18)16-13/h10-13H,4-9H2,1-3H3,(H,16,18). The van der Waals surface area contributed by atoms with Crippen LogP contribution >= 0.6 is 0 Å². The first-order valence-corrected chi connectivity index (χ1v) is 7.65. The molecule has 0 bridgehead atoms. The Bertz CT molecular complexity index is 364. The van der Waals surface area contributed by atoms with Crippen LogP contribution in [0.2, 0.25) is 0 Å². The Morgan fingerprint density at radius 3 is 2.75 bits per heavy atom. The molecular weight excluding hydrogens is 256 g/mol. The maximum Gasteiger partial charge on any atom is 0.245 e. The number of nitrogens with zero attached hydrogens (tertiary/aromatic N) is 1. The van der Waals surface area contributed by atoms with Gasteiger partial charge in [-0.05, 0) is 25.7 Å². The Morgan fingerprint density at radius 2 is 2.15 bits per heavy atom. The van der Waals surface area contributed by atoms with Gasteiger partial charge in [0.15, 0.2) is 0 Å². The largest absolute Gasteiger partial charge is 0.381 e. The summed E-state index contributed by atoms with van der Waals surface area (Å²) in [4.78, 5) is 26.5. The summed E-state index contributed by atoms with van der Waals surface area (Å²) in [5, 5.41) is 2.88.